The lowest BCUT2D eigenvalue weighted by atomic mass is 10.1. The zero-order chi connectivity index (χ0) is 12.5. The van der Waals surface area contributed by atoms with Gasteiger partial charge in [-0.05, 0) is 18.2 Å². The summed E-state index contributed by atoms with van der Waals surface area (Å²) < 4.78 is 0. The SMILES string of the molecule is O=C1c2ccccc2C(=O)N1Cc1ncccn1. The lowest BCUT2D eigenvalue weighted by Gasteiger charge is -2.11. The van der Waals surface area contributed by atoms with E-state index in [1.165, 1.54) is 4.90 Å². The van der Waals surface area contributed by atoms with Crippen LogP contribution in [0.4, 0.5) is 0 Å². The number of aromatic nitrogens is 2. The van der Waals surface area contributed by atoms with E-state index in [1.54, 1.807) is 42.7 Å². The number of fused-ring (bicyclic) bond motifs is 1. The van der Waals surface area contributed by atoms with E-state index < -0.39 is 0 Å². The minimum absolute atomic E-state index is 0.104. The third-order valence-electron chi connectivity index (χ3n) is 2.80. The molecule has 88 valence electrons. The fraction of sp³-hybridized carbons (Fsp3) is 0.0769. The standard InChI is InChI=1S/C13H9N3O2/c17-12-9-4-1-2-5-10(9)13(18)16(12)8-11-14-6-3-7-15-11/h1-7H,8H2. The van der Waals surface area contributed by atoms with Gasteiger partial charge in [-0.3, -0.25) is 14.5 Å². The van der Waals surface area contributed by atoms with Crippen LogP contribution in [0.1, 0.15) is 26.5 Å². The molecule has 0 saturated heterocycles. The molecule has 0 radical (unpaired) electrons. The average molecular weight is 239 g/mol. The minimum Gasteiger partial charge on any atom is -0.269 e. The molecule has 0 bridgehead atoms. The highest BCUT2D eigenvalue weighted by Gasteiger charge is 2.35. The van der Waals surface area contributed by atoms with Gasteiger partial charge >= 0.3 is 0 Å². The van der Waals surface area contributed by atoms with Crippen LogP contribution in [0.15, 0.2) is 42.7 Å². The fourth-order valence-electron chi connectivity index (χ4n) is 1.94. The second kappa shape index (κ2) is 4.03. The van der Waals surface area contributed by atoms with E-state index in [9.17, 15) is 9.59 Å². The van der Waals surface area contributed by atoms with Gasteiger partial charge in [-0.1, -0.05) is 12.1 Å². The van der Waals surface area contributed by atoms with Crippen molar-refractivity contribution in [3.8, 4) is 0 Å². The molecule has 1 aromatic carbocycles. The summed E-state index contributed by atoms with van der Waals surface area (Å²) in [5, 5.41) is 0. The zero-order valence-electron chi connectivity index (χ0n) is 9.41. The number of benzene rings is 1. The molecule has 0 spiro atoms. The Balaban J connectivity index is 1.93. The summed E-state index contributed by atoms with van der Waals surface area (Å²) in [7, 11) is 0. The number of amides is 2. The van der Waals surface area contributed by atoms with Gasteiger partial charge in [0.1, 0.15) is 5.82 Å². The van der Waals surface area contributed by atoms with Crippen molar-refractivity contribution in [3.05, 3.63) is 59.7 Å². The molecule has 2 amide bonds. The van der Waals surface area contributed by atoms with E-state index in [4.69, 9.17) is 0 Å². The second-order valence-electron chi connectivity index (χ2n) is 3.91. The summed E-state index contributed by atoms with van der Waals surface area (Å²) >= 11 is 0. The van der Waals surface area contributed by atoms with Gasteiger partial charge in [-0.25, -0.2) is 9.97 Å². The molecule has 3 rings (SSSR count). The Bertz CT molecular complexity index is 590. The smallest absolute Gasteiger partial charge is 0.261 e. The quantitative estimate of drug-likeness (QED) is 0.740. The fourth-order valence-corrected chi connectivity index (χ4v) is 1.94. The van der Waals surface area contributed by atoms with Crippen molar-refractivity contribution >= 4 is 11.8 Å². The van der Waals surface area contributed by atoms with Crippen molar-refractivity contribution in [2.75, 3.05) is 0 Å². The number of hydrogen-bond acceptors (Lipinski definition) is 4. The molecule has 0 N–H and O–H groups in total. The maximum Gasteiger partial charge on any atom is 0.261 e. The first-order valence-electron chi connectivity index (χ1n) is 5.48. The molecule has 0 aliphatic carbocycles. The van der Waals surface area contributed by atoms with Crippen molar-refractivity contribution < 1.29 is 9.59 Å². The highest BCUT2D eigenvalue weighted by molar-refractivity contribution is 6.21. The molecule has 1 aromatic heterocycles. The Hall–Kier alpha value is -2.56. The number of hydrogen-bond donors (Lipinski definition) is 0. The van der Waals surface area contributed by atoms with Gasteiger partial charge in [-0.2, -0.15) is 0 Å². The molecular weight excluding hydrogens is 230 g/mol. The first-order valence-corrected chi connectivity index (χ1v) is 5.48. The normalized spacial score (nSPS) is 13.9. The molecule has 0 saturated carbocycles. The predicted octanol–water partition coefficient (Wildman–Crippen LogP) is 1.27. The van der Waals surface area contributed by atoms with Gasteiger partial charge < -0.3 is 0 Å². The zero-order valence-corrected chi connectivity index (χ0v) is 9.41. The lowest BCUT2D eigenvalue weighted by Crippen LogP contribution is -2.29. The third kappa shape index (κ3) is 1.57. The Labute approximate surface area is 103 Å². The van der Waals surface area contributed by atoms with Crippen molar-refractivity contribution in [2.45, 2.75) is 6.54 Å². The number of imide groups is 1. The van der Waals surface area contributed by atoms with Crippen molar-refractivity contribution in [2.24, 2.45) is 0 Å². The van der Waals surface area contributed by atoms with Crippen molar-refractivity contribution in [1.29, 1.82) is 0 Å². The van der Waals surface area contributed by atoms with Gasteiger partial charge in [0.2, 0.25) is 0 Å². The molecule has 2 aromatic rings. The summed E-state index contributed by atoms with van der Waals surface area (Å²) in [5.74, 6) is -0.127. The molecule has 1 aliphatic rings. The highest BCUT2D eigenvalue weighted by atomic mass is 16.2. The largest absolute Gasteiger partial charge is 0.269 e. The van der Waals surface area contributed by atoms with Crippen LogP contribution in [0.2, 0.25) is 0 Å². The monoisotopic (exact) mass is 239 g/mol. The summed E-state index contributed by atoms with van der Waals surface area (Å²) in [4.78, 5) is 33.3. The summed E-state index contributed by atoms with van der Waals surface area (Å²) in [6.45, 7) is 0.104. The van der Waals surface area contributed by atoms with E-state index in [1.807, 2.05) is 0 Å². The van der Waals surface area contributed by atoms with E-state index >= 15 is 0 Å². The topological polar surface area (TPSA) is 63.2 Å². The molecule has 0 fully saturated rings. The molecule has 2 heterocycles. The summed E-state index contributed by atoms with van der Waals surface area (Å²) in [6, 6.07) is 8.48. The van der Waals surface area contributed by atoms with Gasteiger partial charge in [0.15, 0.2) is 0 Å². The average Bonchev–Trinajstić information content (AvgIpc) is 2.66. The molecule has 1 aliphatic heterocycles. The molecular formula is C13H9N3O2. The van der Waals surface area contributed by atoms with Gasteiger partial charge in [0.05, 0.1) is 17.7 Å². The van der Waals surface area contributed by atoms with E-state index in [0.717, 1.165) is 0 Å². The maximum absolute atomic E-state index is 12.1. The lowest BCUT2D eigenvalue weighted by molar-refractivity contribution is 0.0638. The van der Waals surface area contributed by atoms with E-state index in [0.29, 0.717) is 17.0 Å². The molecule has 0 atom stereocenters. The van der Waals surface area contributed by atoms with Crippen molar-refractivity contribution in [1.82, 2.24) is 14.9 Å². The minimum atomic E-state index is -0.289. The van der Waals surface area contributed by atoms with Crippen LogP contribution in [0.3, 0.4) is 0 Å². The summed E-state index contributed by atoms with van der Waals surface area (Å²) in [6.07, 6.45) is 3.17. The van der Waals surface area contributed by atoms with Crippen LogP contribution in [-0.2, 0) is 6.54 Å². The maximum atomic E-state index is 12.1. The van der Waals surface area contributed by atoms with Crippen LogP contribution >= 0.6 is 0 Å². The van der Waals surface area contributed by atoms with Crippen LogP contribution in [0.25, 0.3) is 0 Å². The Morgan fingerprint density at radius 1 is 0.889 bits per heavy atom. The molecule has 18 heavy (non-hydrogen) atoms. The Morgan fingerprint density at radius 3 is 2.00 bits per heavy atom. The second-order valence-corrected chi connectivity index (χ2v) is 3.91. The predicted molar refractivity (Wildman–Crippen MR) is 62.7 cm³/mol. The van der Waals surface area contributed by atoms with Gasteiger partial charge in [-0.15, -0.1) is 0 Å². The van der Waals surface area contributed by atoms with Crippen LogP contribution < -0.4 is 0 Å². The van der Waals surface area contributed by atoms with Gasteiger partial charge in [0, 0.05) is 12.4 Å². The Morgan fingerprint density at radius 2 is 1.44 bits per heavy atom. The van der Waals surface area contributed by atoms with E-state index in [-0.39, 0.29) is 18.4 Å². The number of carbonyl (C=O) groups excluding carboxylic acids is 2. The Kier molecular flexibility index (Phi) is 2.37. The van der Waals surface area contributed by atoms with Gasteiger partial charge in [0.25, 0.3) is 11.8 Å². The first-order chi connectivity index (χ1) is 8.77. The molecule has 5 nitrogen and oxygen atoms in total. The van der Waals surface area contributed by atoms with Crippen molar-refractivity contribution in [3.63, 3.8) is 0 Å². The van der Waals surface area contributed by atoms with E-state index in [2.05, 4.69) is 9.97 Å². The highest BCUT2D eigenvalue weighted by Crippen LogP contribution is 2.23. The molecule has 0 unspecified atom stereocenters. The first kappa shape index (κ1) is 10.6. The number of rotatable bonds is 2. The van der Waals surface area contributed by atoms with Crippen LogP contribution in [0, 0.1) is 0 Å². The molecule has 5 heteroatoms. The van der Waals surface area contributed by atoms with Crippen LogP contribution in [-0.4, -0.2) is 26.7 Å². The third-order valence-corrected chi connectivity index (χ3v) is 2.80. The number of carbonyl (C=O) groups is 2. The van der Waals surface area contributed by atoms with Crippen LogP contribution in [0.5, 0.6) is 0 Å². The summed E-state index contributed by atoms with van der Waals surface area (Å²) in [5.41, 5.74) is 0.886. The number of nitrogens with zero attached hydrogens (tertiary/aromatic N) is 3.